The van der Waals surface area contributed by atoms with Gasteiger partial charge in [0, 0.05) is 5.56 Å². The fraction of sp³-hybridized carbons (Fsp3) is 0.0667. The van der Waals surface area contributed by atoms with Gasteiger partial charge in [0.05, 0.1) is 11.1 Å². The number of nitrogens with zero attached hydrogens (tertiary/aromatic N) is 2. The molecular weight excluding hydrogens is 272 g/mol. The third kappa shape index (κ3) is 2.43. The van der Waals surface area contributed by atoms with Crippen molar-refractivity contribution >= 4 is 11.6 Å². The number of H-pyrrole nitrogens is 1. The van der Waals surface area contributed by atoms with E-state index in [1.54, 1.807) is 0 Å². The van der Waals surface area contributed by atoms with Crippen molar-refractivity contribution in [2.75, 3.05) is 0 Å². The minimum atomic E-state index is -0.333. The van der Waals surface area contributed by atoms with Gasteiger partial charge in [-0.3, -0.25) is 5.10 Å². The Morgan fingerprint density at radius 2 is 1.70 bits per heavy atom. The molecule has 0 bridgehead atoms. The summed E-state index contributed by atoms with van der Waals surface area (Å²) in [6.07, 6.45) is 0. The van der Waals surface area contributed by atoms with Gasteiger partial charge in [-0.1, -0.05) is 54.1 Å². The number of hydrogen-bond acceptors (Lipinski definition) is 3. The van der Waals surface area contributed by atoms with Gasteiger partial charge < -0.3 is 5.73 Å². The maximum atomic E-state index is 6.18. The first-order chi connectivity index (χ1) is 9.75. The molecule has 1 aromatic heterocycles. The Kier molecular flexibility index (Phi) is 3.50. The van der Waals surface area contributed by atoms with Crippen LogP contribution >= 0.6 is 11.6 Å². The van der Waals surface area contributed by atoms with E-state index in [1.165, 1.54) is 0 Å². The van der Waals surface area contributed by atoms with Crippen molar-refractivity contribution in [3.63, 3.8) is 0 Å². The van der Waals surface area contributed by atoms with E-state index in [0.717, 1.165) is 11.1 Å². The molecule has 0 saturated heterocycles. The molecule has 0 saturated carbocycles. The number of aromatic amines is 1. The molecule has 2 aromatic carbocycles. The molecule has 100 valence electrons. The topological polar surface area (TPSA) is 67.6 Å². The summed E-state index contributed by atoms with van der Waals surface area (Å²) in [6.45, 7) is 0. The molecule has 0 amide bonds. The molecule has 0 aliphatic carbocycles. The van der Waals surface area contributed by atoms with Crippen molar-refractivity contribution < 1.29 is 0 Å². The smallest absolute Gasteiger partial charge is 0.182 e. The Labute approximate surface area is 121 Å². The van der Waals surface area contributed by atoms with Crippen LogP contribution < -0.4 is 5.73 Å². The van der Waals surface area contributed by atoms with Crippen molar-refractivity contribution in [1.82, 2.24) is 15.2 Å². The van der Waals surface area contributed by atoms with E-state index in [-0.39, 0.29) is 6.04 Å². The lowest BCUT2D eigenvalue weighted by Crippen LogP contribution is -2.13. The molecule has 3 N–H and O–H groups in total. The molecule has 0 fully saturated rings. The number of nitrogens with two attached hydrogens (primary N) is 1. The Morgan fingerprint density at radius 1 is 1.00 bits per heavy atom. The standard InChI is InChI=1S/C15H13ClN4/c16-12-9-5-4-8-11(12)14-18-15(20-19-14)13(17)10-6-2-1-3-7-10/h1-9,13H,17H2,(H,18,19,20)/t13-/m0/s1. The van der Waals surface area contributed by atoms with Crippen LogP contribution in [-0.2, 0) is 0 Å². The number of nitrogens with one attached hydrogen (secondary N) is 1. The molecule has 0 spiro atoms. The van der Waals surface area contributed by atoms with E-state index in [9.17, 15) is 0 Å². The van der Waals surface area contributed by atoms with Crippen LogP contribution in [0.1, 0.15) is 17.4 Å². The van der Waals surface area contributed by atoms with Gasteiger partial charge in [0.2, 0.25) is 0 Å². The summed E-state index contributed by atoms with van der Waals surface area (Å²) in [5.41, 5.74) is 7.95. The second-order valence-corrected chi connectivity index (χ2v) is 4.82. The highest BCUT2D eigenvalue weighted by Gasteiger charge is 2.15. The van der Waals surface area contributed by atoms with E-state index >= 15 is 0 Å². The van der Waals surface area contributed by atoms with Gasteiger partial charge in [-0.05, 0) is 17.7 Å². The Hall–Kier alpha value is -2.17. The van der Waals surface area contributed by atoms with Gasteiger partial charge in [-0.2, -0.15) is 5.10 Å². The summed E-state index contributed by atoms with van der Waals surface area (Å²) < 4.78 is 0. The second kappa shape index (κ2) is 5.45. The highest BCUT2D eigenvalue weighted by molar-refractivity contribution is 6.33. The third-order valence-electron chi connectivity index (χ3n) is 3.07. The highest BCUT2D eigenvalue weighted by atomic mass is 35.5. The van der Waals surface area contributed by atoms with Crippen LogP contribution in [0.3, 0.4) is 0 Å². The SMILES string of the molecule is N[C@@H](c1ccccc1)c1nc(-c2ccccc2Cl)n[nH]1. The summed E-state index contributed by atoms with van der Waals surface area (Å²) in [5, 5.41) is 7.70. The fourth-order valence-electron chi connectivity index (χ4n) is 1.99. The van der Waals surface area contributed by atoms with Crippen LogP contribution in [-0.4, -0.2) is 15.2 Å². The lowest BCUT2D eigenvalue weighted by atomic mass is 10.1. The number of rotatable bonds is 3. The van der Waals surface area contributed by atoms with Crippen LogP contribution in [0.15, 0.2) is 54.6 Å². The first kappa shape index (κ1) is 12.8. The van der Waals surface area contributed by atoms with Crippen LogP contribution in [0, 0.1) is 0 Å². The average Bonchev–Trinajstić information content (AvgIpc) is 2.97. The zero-order valence-corrected chi connectivity index (χ0v) is 11.4. The Bertz CT molecular complexity index is 709. The second-order valence-electron chi connectivity index (χ2n) is 4.41. The first-order valence-corrected chi connectivity index (χ1v) is 6.61. The van der Waals surface area contributed by atoms with Gasteiger partial charge in [-0.15, -0.1) is 0 Å². The van der Waals surface area contributed by atoms with E-state index < -0.39 is 0 Å². The normalized spacial score (nSPS) is 12.3. The van der Waals surface area contributed by atoms with Crippen LogP contribution in [0.25, 0.3) is 11.4 Å². The van der Waals surface area contributed by atoms with E-state index in [0.29, 0.717) is 16.7 Å². The number of aromatic nitrogens is 3. The molecule has 0 aliphatic heterocycles. The molecule has 1 atom stereocenters. The molecule has 0 aliphatic rings. The fourth-order valence-corrected chi connectivity index (χ4v) is 2.21. The molecule has 0 radical (unpaired) electrons. The molecule has 1 heterocycles. The molecule has 0 unspecified atom stereocenters. The van der Waals surface area contributed by atoms with Crippen molar-refractivity contribution in [2.45, 2.75) is 6.04 Å². The van der Waals surface area contributed by atoms with Crippen LogP contribution in [0.4, 0.5) is 0 Å². The van der Waals surface area contributed by atoms with Gasteiger partial charge in [0.1, 0.15) is 5.82 Å². The maximum Gasteiger partial charge on any atom is 0.182 e. The van der Waals surface area contributed by atoms with E-state index in [2.05, 4.69) is 15.2 Å². The van der Waals surface area contributed by atoms with Crippen LogP contribution in [0.2, 0.25) is 5.02 Å². The summed E-state index contributed by atoms with van der Waals surface area (Å²) in [7, 11) is 0. The van der Waals surface area contributed by atoms with Crippen molar-refractivity contribution in [3.05, 3.63) is 71.0 Å². The number of benzene rings is 2. The van der Waals surface area contributed by atoms with E-state index in [4.69, 9.17) is 17.3 Å². The highest BCUT2D eigenvalue weighted by Crippen LogP contribution is 2.25. The van der Waals surface area contributed by atoms with Gasteiger partial charge in [0.25, 0.3) is 0 Å². The van der Waals surface area contributed by atoms with Gasteiger partial charge >= 0.3 is 0 Å². The zero-order valence-electron chi connectivity index (χ0n) is 10.6. The van der Waals surface area contributed by atoms with Gasteiger partial charge in [0.15, 0.2) is 5.82 Å². The average molecular weight is 285 g/mol. The predicted molar refractivity (Wildman–Crippen MR) is 79.3 cm³/mol. The minimum absolute atomic E-state index is 0.333. The Balaban J connectivity index is 1.93. The molecule has 3 rings (SSSR count). The molecular formula is C15H13ClN4. The summed E-state index contributed by atoms with van der Waals surface area (Å²) >= 11 is 6.14. The summed E-state index contributed by atoms with van der Waals surface area (Å²) in [6, 6.07) is 16.9. The molecule has 5 heteroatoms. The molecule has 4 nitrogen and oxygen atoms in total. The van der Waals surface area contributed by atoms with Crippen molar-refractivity contribution in [3.8, 4) is 11.4 Å². The lowest BCUT2D eigenvalue weighted by molar-refractivity contribution is 0.787. The minimum Gasteiger partial charge on any atom is -0.318 e. The number of hydrogen-bond donors (Lipinski definition) is 2. The van der Waals surface area contributed by atoms with Crippen molar-refractivity contribution in [2.24, 2.45) is 5.73 Å². The predicted octanol–water partition coefficient (Wildman–Crippen LogP) is 3.17. The largest absolute Gasteiger partial charge is 0.318 e. The summed E-state index contributed by atoms with van der Waals surface area (Å²) in [4.78, 5) is 4.44. The van der Waals surface area contributed by atoms with E-state index in [1.807, 2.05) is 54.6 Å². The first-order valence-electron chi connectivity index (χ1n) is 6.23. The third-order valence-corrected chi connectivity index (χ3v) is 3.40. The maximum absolute atomic E-state index is 6.18. The zero-order chi connectivity index (χ0) is 13.9. The summed E-state index contributed by atoms with van der Waals surface area (Å²) in [5.74, 6) is 1.17. The molecule has 20 heavy (non-hydrogen) atoms. The Morgan fingerprint density at radius 3 is 2.45 bits per heavy atom. The number of halogens is 1. The lowest BCUT2D eigenvalue weighted by Gasteiger charge is -2.07. The monoisotopic (exact) mass is 284 g/mol. The quantitative estimate of drug-likeness (QED) is 0.776. The van der Waals surface area contributed by atoms with Gasteiger partial charge in [-0.25, -0.2) is 4.98 Å². The van der Waals surface area contributed by atoms with Crippen molar-refractivity contribution in [1.29, 1.82) is 0 Å². The molecule has 3 aromatic rings. The van der Waals surface area contributed by atoms with Crippen LogP contribution in [0.5, 0.6) is 0 Å².